The number of hydrogen-bond donors (Lipinski definition) is 0. The number of ether oxygens (including phenoxy) is 1. The van der Waals surface area contributed by atoms with Crippen molar-refractivity contribution in [3.63, 3.8) is 0 Å². The first-order valence-electron chi connectivity index (χ1n) is 7.11. The molecule has 24 heavy (non-hydrogen) atoms. The Morgan fingerprint density at radius 3 is 2.42 bits per heavy atom. The largest absolute Gasteiger partial charge is 0.466 e. The molecule has 0 N–H and O–H groups in total. The summed E-state index contributed by atoms with van der Waals surface area (Å²) in [7, 11) is -2.72. The number of nitrogens with zero attached hydrogens (tertiary/aromatic N) is 2. The van der Waals surface area contributed by atoms with Crippen molar-refractivity contribution in [3.8, 4) is 0 Å². The van der Waals surface area contributed by atoms with Gasteiger partial charge in [-0.1, -0.05) is 35.9 Å². The second kappa shape index (κ2) is 9.46. The van der Waals surface area contributed by atoms with Crippen LogP contribution in [0.2, 0.25) is 0 Å². The summed E-state index contributed by atoms with van der Waals surface area (Å²) in [5.41, 5.74) is 0.934. The summed E-state index contributed by atoms with van der Waals surface area (Å²) in [6.07, 6.45) is 10.2. The Hall–Kier alpha value is -2.67. The number of carbonyl (C=O) groups excluding carboxylic acids is 1. The third kappa shape index (κ3) is 5.85. The highest BCUT2D eigenvalue weighted by Gasteiger charge is 2.21. The van der Waals surface area contributed by atoms with Gasteiger partial charge in [-0.05, 0) is 32.1 Å². The van der Waals surface area contributed by atoms with E-state index < -0.39 is 16.0 Å². The third-order valence-corrected chi connectivity index (χ3v) is 4.36. The zero-order chi connectivity index (χ0) is 18.0. The lowest BCUT2D eigenvalue weighted by Crippen LogP contribution is -2.21. The number of allylic oxidation sites excluding steroid dienone is 4. The lowest BCUT2D eigenvalue weighted by Gasteiger charge is -2.14. The highest BCUT2D eigenvalue weighted by molar-refractivity contribution is 7.89. The van der Waals surface area contributed by atoms with E-state index in [0.717, 1.165) is 17.8 Å². The van der Waals surface area contributed by atoms with Crippen molar-refractivity contribution in [1.82, 2.24) is 4.41 Å². The average Bonchev–Trinajstić information content (AvgIpc) is 2.57. The maximum Gasteiger partial charge on any atom is 0.332 e. The third-order valence-electron chi connectivity index (χ3n) is 2.79. The second-order valence-electron chi connectivity index (χ2n) is 4.60. The molecule has 0 saturated heterocycles. The minimum Gasteiger partial charge on any atom is -0.466 e. The van der Waals surface area contributed by atoms with Crippen LogP contribution in [0.3, 0.4) is 0 Å². The molecule has 1 rings (SSSR count). The first-order valence-corrected chi connectivity index (χ1v) is 8.55. The zero-order valence-corrected chi connectivity index (χ0v) is 14.6. The number of hydrogen-bond acceptors (Lipinski definition) is 5. The SMILES string of the molecule is C/C=C/C=C/C=N/N(/C=C\C(=O)OC)S(=O)(=O)c1ccc(C)cc1. The molecule has 0 heterocycles. The molecule has 0 aliphatic rings. The number of benzene rings is 1. The minimum atomic E-state index is -3.93. The van der Waals surface area contributed by atoms with Gasteiger partial charge in [0.2, 0.25) is 0 Å². The van der Waals surface area contributed by atoms with Gasteiger partial charge in [0, 0.05) is 18.5 Å². The van der Waals surface area contributed by atoms with Crippen LogP contribution in [-0.4, -0.2) is 32.1 Å². The van der Waals surface area contributed by atoms with Gasteiger partial charge in [0.1, 0.15) is 0 Å². The number of rotatable bonds is 7. The molecule has 0 aromatic heterocycles. The van der Waals surface area contributed by atoms with E-state index >= 15 is 0 Å². The number of carbonyl (C=O) groups is 1. The van der Waals surface area contributed by atoms with Gasteiger partial charge in [-0.15, -0.1) is 0 Å². The Morgan fingerprint density at radius 2 is 1.83 bits per heavy atom. The summed E-state index contributed by atoms with van der Waals surface area (Å²) in [4.78, 5) is 11.3. The quantitative estimate of drug-likeness (QED) is 0.250. The lowest BCUT2D eigenvalue weighted by molar-refractivity contribution is -0.134. The Bertz CT molecular complexity index is 760. The van der Waals surface area contributed by atoms with Crippen LogP contribution < -0.4 is 0 Å². The van der Waals surface area contributed by atoms with Crippen LogP contribution in [-0.2, 0) is 19.6 Å². The normalized spacial score (nSPS) is 12.6. The predicted molar refractivity (Wildman–Crippen MR) is 93.8 cm³/mol. The molecule has 0 aliphatic carbocycles. The van der Waals surface area contributed by atoms with Crippen LogP contribution >= 0.6 is 0 Å². The Balaban J connectivity index is 3.17. The summed E-state index contributed by atoms with van der Waals surface area (Å²) in [5.74, 6) is -0.682. The van der Waals surface area contributed by atoms with E-state index in [1.807, 2.05) is 19.9 Å². The molecule has 0 unspecified atom stereocenters. The van der Waals surface area contributed by atoms with Gasteiger partial charge in [0.25, 0.3) is 10.0 Å². The first kappa shape index (κ1) is 19.4. The molecule has 1 aromatic carbocycles. The van der Waals surface area contributed by atoms with Gasteiger partial charge in [-0.3, -0.25) is 0 Å². The highest BCUT2D eigenvalue weighted by Crippen LogP contribution is 2.17. The Morgan fingerprint density at radius 1 is 1.17 bits per heavy atom. The van der Waals surface area contributed by atoms with Crippen LogP contribution in [0.1, 0.15) is 12.5 Å². The van der Waals surface area contributed by atoms with E-state index in [0.29, 0.717) is 4.41 Å². The monoisotopic (exact) mass is 348 g/mol. The van der Waals surface area contributed by atoms with Crippen molar-refractivity contribution < 1.29 is 17.9 Å². The van der Waals surface area contributed by atoms with E-state index in [2.05, 4.69) is 9.84 Å². The standard InChI is InChI=1S/C17H20N2O4S/c1-4-5-6-7-13-18-19(14-12-17(20)23-3)24(21,22)16-10-8-15(2)9-11-16/h4-14H,1-3H3/b5-4+,7-6+,14-12-,18-13+. The van der Waals surface area contributed by atoms with E-state index in [9.17, 15) is 13.2 Å². The topological polar surface area (TPSA) is 76.0 Å². The molecule has 128 valence electrons. The van der Waals surface area contributed by atoms with Crippen molar-refractivity contribution in [2.45, 2.75) is 18.7 Å². The fraction of sp³-hybridized carbons (Fsp3) is 0.176. The number of methoxy groups -OCH3 is 1. The highest BCUT2D eigenvalue weighted by atomic mass is 32.2. The molecule has 7 heteroatoms. The summed E-state index contributed by atoms with van der Waals surface area (Å²) in [5, 5.41) is 3.88. The second-order valence-corrected chi connectivity index (χ2v) is 6.40. The van der Waals surface area contributed by atoms with E-state index in [4.69, 9.17) is 0 Å². The molecule has 1 aromatic rings. The van der Waals surface area contributed by atoms with Gasteiger partial charge in [0.05, 0.1) is 12.0 Å². The van der Waals surface area contributed by atoms with Crippen molar-refractivity contribution in [2.75, 3.05) is 7.11 Å². The molecule has 0 saturated carbocycles. The van der Waals surface area contributed by atoms with Crippen LogP contribution in [0.4, 0.5) is 0 Å². The Labute approximate surface area is 142 Å². The van der Waals surface area contributed by atoms with Crippen LogP contribution in [0.15, 0.2) is 70.8 Å². The fourth-order valence-corrected chi connectivity index (χ4v) is 2.62. The fourth-order valence-electron chi connectivity index (χ4n) is 1.52. The number of hydrazone groups is 1. The summed E-state index contributed by atoms with van der Waals surface area (Å²) >= 11 is 0. The van der Waals surface area contributed by atoms with E-state index in [-0.39, 0.29) is 4.90 Å². The molecule has 0 amide bonds. The Kier molecular flexibility index (Phi) is 7.64. The molecule has 0 aliphatic heterocycles. The molecule has 6 nitrogen and oxygen atoms in total. The number of esters is 1. The van der Waals surface area contributed by atoms with Crippen molar-refractivity contribution in [3.05, 3.63) is 66.4 Å². The smallest absolute Gasteiger partial charge is 0.332 e. The molecule has 0 spiro atoms. The van der Waals surface area contributed by atoms with Gasteiger partial charge < -0.3 is 4.74 Å². The first-order chi connectivity index (χ1) is 11.4. The average molecular weight is 348 g/mol. The van der Waals surface area contributed by atoms with Crippen LogP contribution in [0.25, 0.3) is 0 Å². The summed E-state index contributed by atoms with van der Waals surface area (Å²) in [6.45, 7) is 3.71. The molecule has 0 fully saturated rings. The van der Waals surface area contributed by atoms with Gasteiger partial charge in [-0.25, -0.2) is 4.79 Å². The van der Waals surface area contributed by atoms with Gasteiger partial charge in [0.15, 0.2) is 0 Å². The predicted octanol–water partition coefficient (Wildman–Crippen LogP) is 2.79. The number of aryl methyl sites for hydroxylation is 1. The molecule has 0 atom stereocenters. The van der Waals surface area contributed by atoms with Crippen molar-refractivity contribution in [1.29, 1.82) is 0 Å². The van der Waals surface area contributed by atoms with Crippen molar-refractivity contribution >= 4 is 22.2 Å². The molecule has 0 radical (unpaired) electrons. The zero-order valence-electron chi connectivity index (χ0n) is 13.8. The van der Waals surface area contributed by atoms with Crippen LogP contribution in [0.5, 0.6) is 0 Å². The minimum absolute atomic E-state index is 0.0669. The van der Waals surface area contributed by atoms with E-state index in [1.54, 1.807) is 30.4 Å². The maximum absolute atomic E-state index is 12.6. The van der Waals surface area contributed by atoms with Crippen molar-refractivity contribution in [2.24, 2.45) is 5.10 Å². The molecular weight excluding hydrogens is 328 g/mol. The number of sulfonamides is 1. The van der Waals surface area contributed by atoms with E-state index in [1.165, 1.54) is 25.5 Å². The van der Waals surface area contributed by atoms with Gasteiger partial charge in [-0.2, -0.15) is 17.9 Å². The maximum atomic E-state index is 12.6. The molecule has 0 bridgehead atoms. The van der Waals surface area contributed by atoms with Crippen LogP contribution in [0, 0.1) is 6.92 Å². The molecular formula is C17H20N2O4S. The summed E-state index contributed by atoms with van der Waals surface area (Å²) in [6, 6.07) is 6.33. The van der Waals surface area contributed by atoms with Gasteiger partial charge >= 0.3 is 5.97 Å². The summed E-state index contributed by atoms with van der Waals surface area (Å²) < 4.78 is 30.5. The lowest BCUT2D eigenvalue weighted by atomic mass is 10.2.